The van der Waals surface area contributed by atoms with Crippen LogP contribution >= 0.6 is 23.2 Å². The molecule has 33 heavy (non-hydrogen) atoms. The summed E-state index contributed by atoms with van der Waals surface area (Å²) in [7, 11) is -3.43. The second kappa shape index (κ2) is 9.17. The number of amides is 2. The van der Waals surface area contributed by atoms with Gasteiger partial charge in [0, 0.05) is 34.1 Å². The van der Waals surface area contributed by atoms with Gasteiger partial charge >= 0.3 is 0 Å². The van der Waals surface area contributed by atoms with E-state index in [4.69, 9.17) is 23.2 Å². The normalized spacial score (nSPS) is 13.4. The summed E-state index contributed by atoms with van der Waals surface area (Å²) in [5.41, 5.74) is 2.87. The molecule has 6 nitrogen and oxygen atoms in total. The lowest BCUT2D eigenvalue weighted by atomic mass is 10.0. The minimum absolute atomic E-state index is 0.0356. The van der Waals surface area contributed by atoms with E-state index in [1.807, 2.05) is 12.1 Å². The molecule has 3 aromatic rings. The molecule has 9 heteroatoms. The van der Waals surface area contributed by atoms with E-state index < -0.39 is 15.7 Å². The van der Waals surface area contributed by atoms with Crippen molar-refractivity contribution in [3.63, 3.8) is 0 Å². The maximum atomic E-state index is 12.7. The van der Waals surface area contributed by atoms with Crippen LogP contribution in [0.1, 0.15) is 23.2 Å². The molecule has 0 saturated heterocycles. The summed E-state index contributed by atoms with van der Waals surface area (Å²) < 4.78 is 23.4. The number of sulfone groups is 1. The maximum absolute atomic E-state index is 12.7. The lowest BCUT2D eigenvalue weighted by Crippen LogP contribution is -2.13. The van der Waals surface area contributed by atoms with Crippen molar-refractivity contribution in [1.29, 1.82) is 0 Å². The van der Waals surface area contributed by atoms with Gasteiger partial charge in [-0.1, -0.05) is 35.3 Å². The summed E-state index contributed by atoms with van der Waals surface area (Å²) in [6.07, 6.45) is 2.94. The highest BCUT2D eigenvalue weighted by atomic mass is 35.5. The van der Waals surface area contributed by atoms with Crippen LogP contribution in [-0.2, 0) is 14.6 Å². The van der Waals surface area contributed by atoms with E-state index in [1.165, 1.54) is 18.2 Å². The molecule has 1 aliphatic carbocycles. The molecule has 0 unspecified atom stereocenters. The van der Waals surface area contributed by atoms with Crippen molar-refractivity contribution in [3.8, 4) is 11.1 Å². The number of rotatable bonds is 6. The Morgan fingerprint density at radius 2 is 1.52 bits per heavy atom. The van der Waals surface area contributed by atoms with E-state index in [9.17, 15) is 18.0 Å². The Balaban J connectivity index is 1.52. The molecule has 0 aromatic heterocycles. The van der Waals surface area contributed by atoms with Crippen LogP contribution in [0.4, 0.5) is 11.4 Å². The number of carbonyl (C=O) groups excluding carboxylic acids is 2. The molecule has 3 aromatic carbocycles. The second-order valence-corrected chi connectivity index (χ2v) is 10.7. The molecule has 0 bridgehead atoms. The van der Waals surface area contributed by atoms with Crippen LogP contribution in [0.3, 0.4) is 0 Å². The Kier molecular flexibility index (Phi) is 6.47. The SMILES string of the molecule is CS(=O)(=O)c1ccc(C(=O)Nc2ccc(Cl)c(-c3ccc(NC(=O)C4CC4)cc3)c2)c(Cl)c1. The summed E-state index contributed by atoms with van der Waals surface area (Å²) in [4.78, 5) is 24.7. The van der Waals surface area contributed by atoms with Crippen molar-refractivity contribution in [1.82, 2.24) is 0 Å². The van der Waals surface area contributed by atoms with Crippen molar-refractivity contribution >= 4 is 56.2 Å². The van der Waals surface area contributed by atoms with Gasteiger partial charge in [-0.2, -0.15) is 0 Å². The number of carbonyl (C=O) groups is 2. The first-order chi connectivity index (χ1) is 15.6. The number of halogens is 2. The topological polar surface area (TPSA) is 92.3 Å². The zero-order valence-corrected chi connectivity index (χ0v) is 19.9. The monoisotopic (exact) mass is 502 g/mol. The third-order valence-electron chi connectivity index (χ3n) is 5.25. The molecule has 4 rings (SSSR count). The van der Waals surface area contributed by atoms with E-state index in [2.05, 4.69) is 10.6 Å². The van der Waals surface area contributed by atoms with Crippen LogP contribution in [0.5, 0.6) is 0 Å². The molecule has 1 saturated carbocycles. The minimum atomic E-state index is -3.43. The molecular weight excluding hydrogens is 483 g/mol. The molecule has 1 aliphatic rings. The first kappa shape index (κ1) is 23.3. The van der Waals surface area contributed by atoms with E-state index in [1.54, 1.807) is 30.3 Å². The maximum Gasteiger partial charge on any atom is 0.257 e. The number of nitrogens with one attached hydrogen (secondary N) is 2. The van der Waals surface area contributed by atoms with Gasteiger partial charge < -0.3 is 10.6 Å². The van der Waals surface area contributed by atoms with E-state index >= 15 is 0 Å². The molecule has 2 amide bonds. The molecule has 0 aliphatic heterocycles. The fourth-order valence-electron chi connectivity index (χ4n) is 3.26. The molecule has 0 spiro atoms. The average Bonchev–Trinajstić information content (AvgIpc) is 3.60. The number of benzene rings is 3. The molecule has 170 valence electrons. The average molecular weight is 503 g/mol. The van der Waals surface area contributed by atoms with Crippen LogP contribution < -0.4 is 10.6 Å². The summed E-state index contributed by atoms with van der Waals surface area (Å²) in [6, 6.07) is 16.3. The zero-order chi connectivity index (χ0) is 23.8. The van der Waals surface area contributed by atoms with Crippen molar-refractivity contribution in [2.75, 3.05) is 16.9 Å². The predicted molar refractivity (Wildman–Crippen MR) is 131 cm³/mol. The predicted octanol–water partition coefficient (Wildman–Crippen LogP) is 5.66. The van der Waals surface area contributed by atoms with Gasteiger partial charge in [-0.15, -0.1) is 0 Å². The minimum Gasteiger partial charge on any atom is -0.326 e. The van der Waals surface area contributed by atoms with Gasteiger partial charge in [-0.05, 0) is 66.9 Å². The van der Waals surface area contributed by atoms with Crippen LogP contribution in [-0.4, -0.2) is 26.5 Å². The van der Waals surface area contributed by atoms with Gasteiger partial charge in [0.2, 0.25) is 5.91 Å². The van der Waals surface area contributed by atoms with Gasteiger partial charge in [0.25, 0.3) is 5.91 Å². The Bertz CT molecular complexity index is 1350. The van der Waals surface area contributed by atoms with Crippen molar-refractivity contribution in [3.05, 3.63) is 76.3 Å². The molecular formula is C24H20Cl2N2O4S. The standard InChI is InChI=1S/C24H20Cl2N2O4S/c1-33(31,32)18-9-10-19(22(26)13-18)24(30)28-17-8-11-21(25)20(12-17)14-4-6-16(7-5-14)27-23(29)15-2-3-15/h4-13,15H,2-3H2,1H3,(H,27,29)(H,28,30). The third-order valence-corrected chi connectivity index (χ3v) is 7.00. The fraction of sp³-hybridized carbons (Fsp3) is 0.167. The summed E-state index contributed by atoms with van der Waals surface area (Å²) in [5, 5.41) is 6.19. The summed E-state index contributed by atoms with van der Waals surface area (Å²) in [6.45, 7) is 0. The first-order valence-corrected chi connectivity index (χ1v) is 12.8. The number of hydrogen-bond donors (Lipinski definition) is 2. The number of anilines is 2. The zero-order valence-electron chi connectivity index (χ0n) is 17.6. The molecule has 0 atom stereocenters. The summed E-state index contributed by atoms with van der Waals surface area (Å²) in [5.74, 6) is -0.323. The second-order valence-electron chi connectivity index (χ2n) is 7.90. The Hall–Kier alpha value is -2.87. The third kappa shape index (κ3) is 5.55. The Labute approximate surface area is 201 Å². The highest BCUT2D eigenvalue weighted by molar-refractivity contribution is 7.90. The van der Waals surface area contributed by atoms with E-state index in [0.717, 1.165) is 24.7 Å². The molecule has 1 fully saturated rings. The lowest BCUT2D eigenvalue weighted by Gasteiger charge is -2.12. The van der Waals surface area contributed by atoms with Gasteiger partial charge in [0.1, 0.15) is 0 Å². The quantitative estimate of drug-likeness (QED) is 0.454. The van der Waals surface area contributed by atoms with Crippen LogP contribution in [0.25, 0.3) is 11.1 Å². The largest absolute Gasteiger partial charge is 0.326 e. The molecule has 0 heterocycles. The summed E-state index contributed by atoms with van der Waals surface area (Å²) >= 11 is 12.5. The highest BCUT2D eigenvalue weighted by Gasteiger charge is 2.29. The lowest BCUT2D eigenvalue weighted by molar-refractivity contribution is -0.117. The van der Waals surface area contributed by atoms with Crippen LogP contribution in [0.15, 0.2) is 65.6 Å². The smallest absolute Gasteiger partial charge is 0.257 e. The first-order valence-electron chi connectivity index (χ1n) is 10.1. The Morgan fingerprint density at radius 3 is 2.12 bits per heavy atom. The van der Waals surface area contributed by atoms with Gasteiger partial charge in [0.15, 0.2) is 9.84 Å². The van der Waals surface area contributed by atoms with E-state index in [0.29, 0.717) is 22.0 Å². The van der Waals surface area contributed by atoms with Crippen LogP contribution in [0.2, 0.25) is 10.0 Å². The fourth-order valence-corrected chi connectivity index (χ4v) is 4.46. The van der Waals surface area contributed by atoms with Crippen molar-refractivity contribution in [2.24, 2.45) is 5.92 Å². The number of hydrogen-bond acceptors (Lipinski definition) is 4. The van der Waals surface area contributed by atoms with Crippen molar-refractivity contribution in [2.45, 2.75) is 17.7 Å². The molecule has 2 N–H and O–H groups in total. The van der Waals surface area contributed by atoms with Crippen molar-refractivity contribution < 1.29 is 18.0 Å². The van der Waals surface area contributed by atoms with Gasteiger partial charge in [0.05, 0.1) is 15.5 Å². The Morgan fingerprint density at radius 1 is 0.848 bits per heavy atom. The van der Waals surface area contributed by atoms with Gasteiger partial charge in [-0.3, -0.25) is 9.59 Å². The van der Waals surface area contributed by atoms with E-state index in [-0.39, 0.29) is 27.3 Å². The van der Waals surface area contributed by atoms with Crippen LogP contribution in [0, 0.1) is 5.92 Å². The highest BCUT2D eigenvalue weighted by Crippen LogP contribution is 2.33. The molecule has 0 radical (unpaired) electrons. The van der Waals surface area contributed by atoms with Gasteiger partial charge in [-0.25, -0.2) is 8.42 Å².